The van der Waals surface area contributed by atoms with Gasteiger partial charge in [0.25, 0.3) is 0 Å². The van der Waals surface area contributed by atoms with E-state index < -0.39 is 0 Å². The molecule has 2 aromatic carbocycles. The van der Waals surface area contributed by atoms with E-state index in [1.54, 1.807) is 0 Å². The maximum Gasteiger partial charge on any atom is 0.130 e. The summed E-state index contributed by atoms with van der Waals surface area (Å²) in [5.74, 6) is 2.02. The lowest BCUT2D eigenvalue weighted by molar-refractivity contribution is 0.261. The summed E-state index contributed by atoms with van der Waals surface area (Å²) in [4.78, 5) is 0. The van der Waals surface area contributed by atoms with Gasteiger partial charge in [-0.2, -0.15) is 0 Å². The van der Waals surface area contributed by atoms with E-state index in [0.717, 1.165) is 48.3 Å². The van der Waals surface area contributed by atoms with Gasteiger partial charge in [-0.05, 0) is 36.8 Å². The zero-order valence-electron chi connectivity index (χ0n) is 17.2. The van der Waals surface area contributed by atoms with Gasteiger partial charge in [-0.3, -0.25) is 0 Å². The second kappa shape index (κ2) is 9.15. The molecule has 0 spiro atoms. The van der Waals surface area contributed by atoms with E-state index in [0.29, 0.717) is 13.2 Å². The fraction of sp³-hybridized carbons (Fsp3) is 0.583. The summed E-state index contributed by atoms with van der Waals surface area (Å²) < 4.78 is 23.3. The molecule has 2 saturated heterocycles. The highest BCUT2D eigenvalue weighted by Gasteiger charge is 2.26. The molecule has 2 atom stereocenters. The minimum atomic E-state index is 0.251. The summed E-state index contributed by atoms with van der Waals surface area (Å²) in [5, 5.41) is 2.31. The Bertz CT molecular complexity index is 726. The van der Waals surface area contributed by atoms with Crippen LogP contribution in [0.15, 0.2) is 24.3 Å². The molecule has 152 valence electrons. The van der Waals surface area contributed by atoms with Crippen LogP contribution in [0.1, 0.15) is 50.7 Å². The van der Waals surface area contributed by atoms with E-state index in [1.807, 2.05) is 0 Å². The summed E-state index contributed by atoms with van der Waals surface area (Å²) in [6.07, 6.45) is 7.26. The standard InChI is InChI=1S/C24H32O4/c1-3-5-7-17-9-11-22-21(23(17)27-15-19-13-25-19)12-10-18(8-6-4-2)24(22)28-16-20-14-26-20/h9-12,19-20H,3-8,13-16H2,1-2H3. The molecule has 0 radical (unpaired) electrons. The lowest BCUT2D eigenvalue weighted by Crippen LogP contribution is -2.09. The molecular formula is C24H32O4. The van der Waals surface area contributed by atoms with Gasteiger partial charge in [0.2, 0.25) is 0 Å². The van der Waals surface area contributed by atoms with Gasteiger partial charge in [0.1, 0.15) is 36.9 Å². The van der Waals surface area contributed by atoms with Crippen molar-refractivity contribution in [1.29, 1.82) is 0 Å². The minimum absolute atomic E-state index is 0.251. The van der Waals surface area contributed by atoms with E-state index in [1.165, 1.54) is 36.8 Å². The number of fused-ring (bicyclic) bond motifs is 1. The van der Waals surface area contributed by atoms with Crippen LogP contribution in [0.5, 0.6) is 11.5 Å². The van der Waals surface area contributed by atoms with Crippen molar-refractivity contribution in [2.45, 2.75) is 64.6 Å². The maximum absolute atomic E-state index is 6.28. The number of aryl methyl sites for hydroxylation is 2. The molecule has 0 aromatic heterocycles. The van der Waals surface area contributed by atoms with Gasteiger partial charge < -0.3 is 18.9 Å². The molecule has 4 heteroatoms. The Morgan fingerprint density at radius 3 is 1.54 bits per heavy atom. The molecule has 2 fully saturated rings. The van der Waals surface area contributed by atoms with Crippen molar-refractivity contribution in [3.8, 4) is 11.5 Å². The van der Waals surface area contributed by atoms with Crippen LogP contribution in [-0.2, 0) is 22.3 Å². The highest BCUT2D eigenvalue weighted by Crippen LogP contribution is 2.39. The maximum atomic E-state index is 6.28. The molecule has 2 aliphatic heterocycles. The minimum Gasteiger partial charge on any atom is -0.490 e. The van der Waals surface area contributed by atoms with Crippen molar-refractivity contribution in [2.75, 3.05) is 26.4 Å². The van der Waals surface area contributed by atoms with Crippen LogP contribution < -0.4 is 9.47 Å². The second-order valence-corrected chi connectivity index (χ2v) is 7.94. The molecule has 4 rings (SSSR count). The van der Waals surface area contributed by atoms with Gasteiger partial charge in [0.15, 0.2) is 0 Å². The predicted molar refractivity (Wildman–Crippen MR) is 112 cm³/mol. The SMILES string of the molecule is CCCCc1ccc2c(OCC3CO3)c(CCCC)ccc2c1OCC1CO1. The molecule has 0 bridgehead atoms. The Labute approximate surface area is 168 Å². The normalized spacial score (nSPS) is 20.4. The molecule has 0 aliphatic carbocycles. The first-order valence-corrected chi connectivity index (χ1v) is 10.9. The molecule has 0 saturated carbocycles. The zero-order chi connectivity index (χ0) is 19.3. The molecule has 28 heavy (non-hydrogen) atoms. The van der Waals surface area contributed by atoms with Crippen LogP contribution >= 0.6 is 0 Å². The molecule has 0 amide bonds. The quantitative estimate of drug-likeness (QED) is 0.479. The van der Waals surface area contributed by atoms with Crippen molar-refractivity contribution in [3.63, 3.8) is 0 Å². The van der Waals surface area contributed by atoms with E-state index in [-0.39, 0.29) is 12.2 Å². The Kier molecular flexibility index (Phi) is 6.38. The van der Waals surface area contributed by atoms with Crippen LogP contribution in [0.3, 0.4) is 0 Å². The molecule has 2 heterocycles. The van der Waals surface area contributed by atoms with E-state index in [2.05, 4.69) is 38.1 Å². The number of unbranched alkanes of at least 4 members (excludes halogenated alkanes) is 2. The third-order valence-corrected chi connectivity index (χ3v) is 5.50. The monoisotopic (exact) mass is 384 g/mol. The smallest absolute Gasteiger partial charge is 0.130 e. The van der Waals surface area contributed by atoms with Gasteiger partial charge in [-0.1, -0.05) is 51.0 Å². The number of benzene rings is 2. The van der Waals surface area contributed by atoms with Crippen LogP contribution in [0.25, 0.3) is 10.8 Å². The first kappa shape index (κ1) is 19.5. The highest BCUT2D eigenvalue weighted by atomic mass is 16.6. The van der Waals surface area contributed by atoms with E-state index in [9.17, 15) is 0 Å². The highest BCUT2D eigenvalue weighted by molar-refractivity contribution is 5.95. The average molecular weight is 385 g/mol. The molecule has 2 unspecified atom stereocenters. The third-order valence-electron chi connectivity index (χ3n) is 5.50. The lowest BCUT2D eigenvalue weighted by Gasteiger charge is -2.18. The van der Waals surface area contributed by atoms with Crippen molar-refractivity contribution < 1.29 is 18.9 Å². The van der Waals surface area contributed by atoms with Crippen molar-refractivity contribution in [3.05, 3.63) is 35.4 Å². The largest absolute Gasteiger partial charge is 0.490 e. The summed E-state index contributed by atoms with van der Waals surface area (Å²) in [6, 6.07) is 8.90. The number of hydrogen-bond acceptors (Lipinski definition) is 4. The topological polar surface area (TPSA) is 43.5 Å². The number of ether oxygens (including phenoxy) is 4. The van der Waals surface area contributed by atoms with Crippen molar-refractivity contribution in [1.82, 2.24) is 0 Å². The molecule has 4 nitrogen and oxygen atoms in total. The zero-order valence-corrected chi connectivity index (χ0v) is 17.2. The Hall–Kier alpha value is -1.78. The second-order valence-electron chi connectivity index (χ2n) is 7.94. The molecule has 0 N–H and O–H groups in total. The fourth-order valence-electron chi connectivity index (χ4n) is 3.59. The van der Waals surface area contributed by atoms with Gasteiger partial charge in [0, 0.05) is 10.8 Å². The fourth-order valence-corrected chi connectivity index (χ4v) is 3.59. The predicted octanol–water partition coefficient (Wildman–Crippen LogP) is 5.08. The summed E-state index contributed by atoms with van der Waals surface area (Å²) in [7, 11) is 0. The van der Waals surface area contributed by atoms with Gasteiger partial charge in [0.05, 0.1) is 13.2 Å². The molecule has 2 aromatic rings. The first-order chi connectivity index (χ1) is 13.8. The molecule has 2 aliphatic rings. The Morgan fingerprint density at radius 2 is 1.18 bits per heavy atom. The van der Waals surface area contributed by atoms with Gasteiger partial charge >= 0.3 is 0 Å². The number of epoxide rings is 2. The lowest BCUT2D eigenvalue weighted by atomic mass is 9.97. The summed E-state index contributed by atoms with van der Waals surface area (Å²) >= 11 is 0. The van der Waals surface area contributed by atoms with E-state index >= 15 is 0 Å². The average Bonchev–Trinajstić information content (AvgIpc) is 3.62. The van der Waals surface area contributed by atoms with Crippen LogP contribution in [-0.4, -0.2) is 38.6 Å². The van der Waals surface area contributed by atoms with Gasteiger partial charge in [-0.25, -0.2) is 0 Å². The van der Waals surface area contributed by atoms with Crippen LogP contribution in [0.2, 0.25) is 0 Å². The summed E-state index contributed by atoms with van der Waals surface area (Å²) in [6.45, 7) is 7.33. The van der Waals surface area contributed by atoms with Crippen molar-refractivity contribution in [2.24, 2.45) is 0 Å². The molecular weight excluding hydrogens is 352 g/mol. The van der Waals surface area contributed by atoms with Crippen molar-refractivity contribution >= 4 is 10.8 Å². The number of hydrogen-bond donors (Lipinski definition) is 0. The third kappa shape index (κ3) is 4.79. The van der Waals surface area contributed by atoms with Crippen LogP contribution in [0, 0.1) is 0 Å². The van der Waals surface area contributed by atoms with Gasteiger partial charge in [-0.15, -0.1) is 0 Å². The van der Waals surface area contributed by atoms with Crippen LogP contribution in [0.4, 0.5) is 0 Å². The summed E-state index contributed by atoms with van der Waals surface area (Å²) in [5.41, 5.74) is 2.57. The first-order valence-electron chi connectivity index (χ1n) is 10.9. The Morgan fingerprint density at radius 1 is 0.750 bits per heavy atom. The Balaban J connectivity index is 1.70. The van der Waals surface area contributed by atoms with E-state index in [4.69, 9.17) is 18.9 Å². The number of rotatable bonds is 12.